The number of amides is 2. The minimum Gasteiger partial charge on any atom is -0.493 e. The molecule has 0 spiro atoms. The van der Waals surface area contributed by atoms with Crippen LogP contribution in [0.5, 0.6) is 11.5 Å². The smallest absolute Gasteiger partial charge is 0.251 e. The first-order valence-corrected chi connectivity index (χ1v) is 10.2. The Hall–Kier alpha value is -3.28. The van der Waals surface area contributed by atoms with Crippen LogP contribution in [0.3, 0.4) is 0 Å². The van der Waals surface area contributed by atoms with Crippen LogP contribution in [-0.2, 0) is 17.8 Å². The van der Waals surface area contributed by atoms with Crippen LogP contribution in [0.15, 0.2) is 42.5 Å². The molecule has 2 aliphatic rings. The van der Waals surface area contributed by atoms with Gasteiger partial charge < -0.3 is 19.7 Å². The minimum atomic E-state index is -0.0388. The molecule has 0 atom stereocenters. The van der Waals surface area contributed by atoms with Crippen LogP contribution in [0.25, 0.3) is 6.08 Å². The average Bonchev–Trinajstić information content (AvgIpc) is 3.60. The summed E-state index contributed by atoms with van der Waals surface area (Å²) in [6.45, 7) is 1.20. The van der Waals surface area contributed by atoms with E-state index in [1.54, 1.807) is 38.5 Å². The van der Waals surface area contributed by atoms with Gasteiger partial charge in [0.2, 0.25) is 5.91 Å². The summed E-state index contributed by atoms with van der Waals surface area (Å²) in [6, 6.07) is 11.6. The number of carbonyl (C=O) groups is 2. The Bertz CT molecular complexity index is 977. The van der Waals surface area contributed by atoms with Gasteiger partial charge in [-0.15, -0.1) is 0 Å². The highest BCUT2D eigenvalue weighted by molar-refractivity contribution is 5.95. The summed E-state index contributed by atoms with van der Waals surface area (Å²) in [7, 11) is 3.24. The van der Waals surface area contributed by atoms with E-state index in [0.29, 0.717) is 36.2 Å². The number of nitrogens with zero attached hydrogens (tertiary/aromatic N) is 1. The molecule has 6 nitrogen and oxygen atoms in total. The van der Waals surface area contributed by atoms with E-state index in [9.17, 15) is 9.59 Å². The maximum absolute atomic E-state index is 12.7. The lowest BCUT2D eigenvalue weighted by Crippen LogP contribution is -2.34. The molecule has 2 aromatic rings. The number of rotatable bonds is 6. The van der Waals surface area contributed by atoms with Crippen LogP contribution in [0, 0.1) is 0 Å². The second-order valence-electron chi connectivity index (χ2n) is 7.69. The van der Waals surface area contributed by atoms with Gasteiger partial charge in [-0.2, -0.15) is 0 Å². The van der Waals surface area contributed by atoms with Crippen molar-refractivity contribution in [3.05, 3.63) is 64.7 Å². The fraction of sp³-hybridized carbons (Fsp3) is 0.333. The number of methoxy groups -OCH3 is 2. The summed E-state index contributed by atoms with van der Waals surface area (Å²) >= 11 is 0. The molecule has 0 bridgehead atoms. The van der Waals surface area contributed by atoms with Gasteiger partial charge in [0.25, 0.3) is 5.91 Å². The second-order valence-corrected chi connectivity index (χ2v) is 7.69. The normalized spacial score (nSPS) is 15.6. The van der Waals surface area contributed by atoms with Crippen LogP contribution >= 0.6 is 0 Å². The highest BCUT2D eigenvalue weighted by Crippen LogP contribution is 2.33. The number of hydrogen-bond acceptors (Lipinski definition) is 4. The molecule has 1 heterocycles. The molecule has 6 heteroatoms. The van der Waals surface area contributed by atoms with E-state index in [4.69, 9.17) is 9.47 Å². The first kappa shape index (κ1) is 20.0. The van der Waals surface area contributed by atoms with Gasteiger partial charge in [0.05, 0.1) is 14.2 Å². The number of carbonyl (C=O) groups excluding carboxylic acids is 2. The highest BCUT2D eigenvalue weighted by atomic mass is 16.5. The maximum Gasteiger partial charge on any atom is 0.251 e. The van der Waals surface area contributed by atoms with Gasteiger partial charge in [-0.3, -0.25) is 9.59 Å². The summed E-state index contributed by atoms with van der Waals surface area (Å²) in [5.74, 6) is 1.31. The van der Waals surface area contributed by atoms with Crippen molar-refractivity contribution in [2.75, 3.05) is 20.8 Å². The Morgan fingerprint density at radius 2 is 1.70 bits per heavy atom. The quantitative estimate of drug-likeness (QED) is 0.748. The average molecular weight is 406 g/mol. The van der Waals surface area contributed by atoms with Crippen molar-refractivity contribution in [3.63, 3.8) is 0 Å². The molecule has 2 amide bonds. The molecule has 1 fully saturated rings. The summed E-state index contributed by atoms with van der Waals surface area (Å²) in [5, 5.41) is 2.97. The molecule has 156 valence electrons. The topological polar surface area (TPSA) is 67.9 Å². The first-order valence-electron chi connectivity index (χ1n) is 10.2. The predicted octanol–water partition coefficient (Wildman–Crippen LogP) is 3.19. The fourth-order valence-electron chi connectivity index (χ4n) is 3.59. The molecule has 1 N–H and O–H groups in total. The zero-order chi connectivity index (χ0) is 21.1. The van der Waals surface area contributed by atoms with Crippen molar-refractivity contribution in [1.29, 1.82) is 0 Å². The summed E-state index contributed by atoms with van der Waals surface area (Å²) in [4.78, 5) is 26.6. The lowest BCUT2D eigenvalue weighted by molar-refractivity contribution is -0.126. The molecule has 0 aromatic heterocycles. The standard InChI is InChI=1S/C24H26N2O4/c1-29-21-13-18-11-12-26(15-19(18)14-22(21)30-2)23(27)10-5-16-3-6-17(7-4-16)24(28)25-20-8-9-20/h3-7,10,13-14,20H,8-9,11-12,15H2,1-2H3,(H,25,28)/b10-5+. The molecular weight excluding hydrogens is 380 g/mol. The zero-order valence-electron chi connectivity index (χ0n) is 17.3. The molecule has 1 saturated carbocycles. The van der Waals surface area contributed by atoms with Crippen molar-refractivity contribution in [2.24, 2.45) is 0 Å². The molecule has 2 aromatic carbocycles. The Labute approximate surface area is 176 Å². The van der Waals surface area contributed by atoms with Crippen molar-refractivity contribution in [3.8, 4) is 11.5 Å². The number of benzene rings is 2. The van der Waals surface area contributed by atoms with Gasteiger partial charge in [0, 0.05) is 30.8 Å². The predicted molar refractivity (Wildman–Crippen MR) is 115 cm³/mol. The summed E-state index contributed by atoms with van der Waals surface area (Å²) < 4.78 is 10.8. The van der Waals surface area contributed by atoms with E-state index in [1.807, 2.05) is 29.2 Å². The van der Waals surface area contributed by atoms with Gasteiger partial charge in [-0.25, -0.2) is 0 Å². The van der Waals surface area contributed by atoms with Gasteiger partial charge in [0.15, 0.2) is 11.5 Å². The van der Waals surface area contributed by atoms with Gasteiger partial charge in [0.1, 0.15) is 0 Å². The number of ether oxygens (including phenoxy) is 2. The van der Waals surface area contributed by atoms with E-state index in [1.165, 1.54) is 5.56 Å². The van der Waals surface area contributed by atoms with E-state index in [-0.39, 0.29) is 11.8 Å². The third-order valence-electron chi connectivity index (χ3n) is 5.53. The van der Waals surface area contributed by atoms with Gasteiger partial charge >= 0.3 is 0 Å². The van der Waals surface area contributed by atoms with Crippen LogP contribution in [0.4, 0.5) is 0 Å². The van der Waals surface area contributed by atoms with Crippen LogP contribution in [0.2, 0.25) is 0 Å². The Balaban J connectivity index is 1.39. The molecule has 0 radical (unpaired) electrons. The van der Waals surface area contributed by atoms with E-state index < -0.39 is 0 Å². The monoisotopic (exact) mass is 406 g/mol. The summed E-state index contributed by atoms with van der Waals surface area (Å²) in [5.41, 5.74) is 3.78. The third kappa shape index (κ3) is 4.48. The molecule has 30 heavy (non-hydrogen) atoms. The Morgan fingerprint density at radius 1 is 1.03 bits per heavy atom. The van der Waals surface area contributed by atoms with Crippen molar-refractivity contribution >= 4 is 17.9 Å². The largest absolute Gasteiger partial charge is 0.493 e. The fourth-order valence-corrected chi connectivity index (χ4v) is 3.59. The molecule has 4 rings (SSSR count). The summed E-state index contributed by atoms with van der Waals surface area (Å²) in [6.07, 6.45) is 6.28. The first-order chi connectivity index (χ1) is 14.6. The molecule has 1 aliphatic carbocycles. The maximum atomic E-state index is 12.7. The van der Waals surface area contributed by atoms with Gasteiger partial charge in [-0.05, 0) is 66.3 Å². The third-order valence-corrected chi connectivity index (χ3v) is 5.53. The molecule has 0 unspecified atom stereocenters. The highest BCUT2D eigenvalue weighted by Gasteiger charge is 2.24. The lowest BCUT2D eigenvalue weighted by Gasteiger charge is -2.28. The number of fused-ring (bicyclic) bond motifs is 1. The van der Waals surface area contributed by atoms with Crippen molar-refractivity contribution < 1.29 is 19.1 Å². The Kier molecular flexibility index (Phi) is 5.74. The second kappa shape index (κ2) is 8.61. The molecular formula is C24H26N2O4. The van der Waals surface area contributed by atoms with Crippen LogP contribution < -0.4 is 14.8 Å². The lowest BCUT2D eigenvalue weighted by atomic mass is 9.98. The van der Waals surface area contributed by atoms with Gasteiger partial charge in [-0.1, -0.05) is 12.1 Å². The number of hydrogen-bond donors (Lipinski definition) is 1. The minimum absolute atomic E-state index is 0.0361. The molecule has 0 saturated heterocycles. The van der Waals surface area contributed by atoms with E-state index >= 15 is 0 Å². The van der Waals surface area contributed by atoms with Crippen LogP contribution in [-0.4, -0.2) is 43.5 Å². The Morgan fingerprint density at radius 3 is 2.33 bits per heavy atom. The van der Waals surface area contributed by atoms with E-state index in [2.05, 4.69) is 5.32 Å². The SMILES string of the molecule is COc1cc2c(cc1OC)CN(C(=O)/C=C/c1ccc(C(=O)NC3CC3)cc1)CC2. The van der Waals surface area contributed by atoms with E-state index in [0.717, 1.165) is 30.4 Å². The zero-order valence-corrected chi connectivity index (χ0v) is 17.3. The van der Waals surface area contributed by atoms with Crippen LogP contribution in [0.1, 0.15) is 39.9 Å². The molecule has 1 aliphatic heterocycles. The number of nitrogens with one attached hydrogen (secondary N) is 1. The van der Waals surface area contributed by atoms with Crippen molar-refractivity contribution in [2.45, 2.75) is 31.8 Å². The van der Waals surface area contributed by atoms with Crippen molar-refractivity contribution in [1.82, 2.24) is 10.2 Å².